The van der Waals surface area contributed by atoms with Crippen molar-refractivity contribution in [3.63, 3.8) is 0 Å². The fourth-order valence-corrected chi connectivity index (χ4v) is 2.64. The summed E-state index contributed by atoms with van der Waals surface area (Å²) in [6, 6.07) is 7.64. The molecule has 3 heteroatoms. The molecular formula is C16H20O3. The lowest BCUT2D eigenvalue weighted by molar-refractivity contribution is -0.138. The number of ketones is 1. The molecule has 1 saturated carbocycles. The van der Waals surface area contributed by atoms with Crippen molar-refractivity contribution in [1.29, 1.82) is 0 Å². The summed E-state index contributed by atoms with van der Waals surface area (Å²) >= 11 is 0. The number of hydrogen-bond donors (Lipinski definition) is 1. The lowest BCUT2D eigenvalue weighted by Crippen LogP contribution is -2.21. The van der Waals surface area contributed by atoms with Gasteiger partial charge in [0.05, 0.1) is 5.92 Å². The van der Waals surface area contributed by atoms with Crippen molar-refractivity contribution in [2.24, 2.45) is 5.92 Å². The van der Waals surface area contributed by atoms with Crippen molar-refractivity contribution in [3.05, 3.63) is 35.4 Å². The van der Waals surface area contributed by atoms with Crippen LogP contribution < -0.4 is 0 Å². The number of carbonyl (C=O) groups is 2. The molecule has 2 atom stereocenters. The molecule has 1 aromatic carbocycles. The molecule has 0 radical (unpaired) electrons. The molecule has 0 unspecified atom stereocenters. The zero-order valence-corrected chi connectivity index (χ0v) is 11.3. The Hall–Kier alpha value is -1.64. The number of carboxylic acids is 1. The smallest absolute Gasteiger partial charge is 0.310 e. The Kier molecular flexibility index (Phi) is 4.35. The van der Waals surface area contributed by atoms with Gasteiger partial charge in [0.15, 0.2) is 0 Å². The van der Waals surface area contributed by atoms with Crippen molar-refractivity contribution in [2.75, 3.05) is 0 Å². The van der Waals surface area contributed by atoms with Gasteiger partial charge in [-0.05, 0) is 37.3 Å². The van der Waals surface area contributed by atoms with Crippen LogP contribution in [0.15, 0.2) is 24.3 Å². The normalized spacial score (nSPS) is 21.1. The molecule has 1 N–H and O–H groups in total. The summed E-state index contributed by atoms with van der Waals surface area (Å²) in [5.41, 5.74) is 1.94. The average Bonchev–Trinajstić information content (AvgIpc) is 2.41. The molecular weight excluding hydrogens is 240 g/mol. The van der Waals surface area contributed by atoms with Crippen molar-refractivity contribution in [3.8, 4) is 0 Å². The maximum atomic E-state index is 11.8. The minimum absolute atomic E-state index is 0.163. The van der Waals surface area contributed by atoms with Gasteiger partial charge in [-0.2, -0.15) is 0 Å². The first-order valence-electron chi connectivity index (χ1n) is 6.92. The quantitative estimate of drug-likeness (QED) is 0.904. The Labute approximate surface area is 113 Å². The fraction of sp³-hybridized carbons (Fsp3) is 0.500. The molecule has 3 nitrogen and oxygen atoms in total. The second kappa shape index (κ2) is 6.00. The summed E-state index contributed by atoms with van der Waals surface area (Å²) in [6.45, 7) is 1.68. The Bertz CT molecular complexity index is 461. The van der Waals surface area contributed by atoms with Gasteiger partial charge >= 0.3 is 5.97 Å². The number of carbonyl (C=O) groups excluding carboxylic acids is 1. The maximum absolute atomic E-state index is 11.8. The third kappa shape index (κ3) is 3.43. The third-order valence-electron chi connectivity index (χ3n) is 4.01. The van der Waals surface area contributed by atoms with E-state index in [2.05, 4.69) is 0 Å². The number of Topliss-reactive ketones (excluding diaryl/α,β-unsaturated/α-hetero) is 1. The highest BCUT2D eigenvalue weighted by Gasteiger charge is 2.22. The van der Waals surface area contributed by atoms with E-state index in [0.29, 0.717) is 5.78 Å². The molecule has 0 amide bonds. The molecule has 102 valence electrons. The van der Waals surface area contributed by atoms with Gasteiger partial charge < -0.3 is 5.11 Å². The van der Waals surface area contributed by atoms with E-state index in [0.717, 1.165) is 43.2 Å². The zero-order valence-electron chi connectivity index (χ0n) is 11.3. The first-order chi connectivity index (χ1) is 9.08. The van der Waals surface area contributed by atoms with Crippen LogP contribution in [0.1, 0.15) is 49.7 Å². The minimum atomic E-state index is -0.810. The van der Waals surface area contributed by atoms with E-state index in [9.17, 15) is 9.59 Å². The Morgan fingerprint density at radius 2 is 2.00 bits per heavy atom. The Morgan fingerprint density at radius 1 is 1.32 bits per heavy atom. The van der Waals surface area contributed by atoms with Gasteiger partial charge in [-0.3, -0.25) is 9.59 Å². The molecule has 1 aliphatic rings. The highest BCUT2D eigenvalue weighted by molar-refractivity contribution is 5.81. The molecule has 0 bridgehead atoms. The van der Waals surface area contributed by atoms with Crippen LogP contribution in [0.4, 0.5) is 0 Å². The molecule has 1 aromatic rings. The number of aliphatic carboxylic acids is 1. The van der Waals surface area contributed by atoms with Crippen LogP contribution in [0, 0.1) is 5.92 Å². The van der Waals surface area contributed by atoms with E-state index >= 15 is 0 Å². The molecule has 0 aliphatic heterocycles. The largest absolute Gasteiger partial charge is 0.481 e. The van der Waals surface area contributed by atoms with Crippen LogP contribution in [-0.2, 0) is 16.0 Å². The summed E-state index contributed by atoms with van der Waals surface area (Å²) < 4.78 is 0. The summed E-state index contributed by atoms with van der Waals surface area (Å²) in [6.07, 6.45) is 4.68. The van der Waals surface area contributed by atoms with E-state index < -0.39 is 11.9 Å². The van der Waals surface area contributed by atoms with Gasteiger partial charge in [-0.1, -0.05) is 30.7 Å². The molecule has 0 spiro atoms. The SMILES string of the molecule is C[C@H](C(=O)O)c1ccc(C[C@H]2CCCCC2=O)cc1. The van der Waals surface area contributed by atoms with Crippen LogP contribution in [0.25, 0.3) is 0 Å². The minimum Gasteiger partial charge on any atom is -0.481 e. The van der Waals surface area contributed by atoms with E-state index in [4.69, 9.17) is 5.11 Å². The fourth-order valence-electron chi connectivity index (χ4n) is 2.64. The number of hydrogen-bond acceptors (Lipinski definition) is 2. The van der Waals surface area contributed by atoms with Crippen LogP contribution in [0.5, 0.6) is 0 Å². The summed E-state index contributed by atoms with van der Waals surface area (Å²) in [7, 11) is 0. The van der Waals surface area contributed by atoms with Crippen molar-refractivity contribution >= 4 is 11.8 Å². The van der Waals surface area contributed by atoms with Gasteiger partial charge in [0.1, 0.15) is 5.78 Å². The van der Waals surface area contributed by atoms with E-state index in [1.165, 1.54) is 0 Å². The summed E-state index contributed by atoms with van der Waals surface area (Å²) in [4.78, 5) is 22.7. The zero-order chi connectivity index (χ0) is 13.8. The second-order valence-corrected chi connectivity index (χ2v) is 5.41. The number of rotatable bonds is 4. The van der Waals surface area contributed by atoms with Gasteiger partial charge in [0, 0.05) is 12.3 Å². The van der Waals surface area contributed by atoms with Crippen molar-refractivity contribution in [1.82, 2.24) is 0 Å². The molecule has 0 saturated heterocycles. The Morgan fingerprint density at radius 3 is 2.58 bits per heavy atom. The van der Waals surface area contributed by atoms with Gasteiger partial charge in [0.25, 0.3) is 0 Å². The first kappa shape index (κ1) is 13.8. The molecule has 0 aromatic heterocycles. The molecule has 1 aliphatic carbocycles. The standard InChI is InChI=1S/C16H20O3/c1-11(16(18)19)13-8-6-12(7-9-13)10-14-4-2-3-5-15(14)17/h6-9,11,14H,2-5,10H2,1H3,(H,18,19)/t11-,14+/m0/s1. The highest BCUT2D eigenvalue weighted by Crippen LogP contribution is 2.25. The predicted octanol–water partition coefficient (Wildman–Crippen LogP) is 3.18. The molecule has 0 heterocycles. The van der Waals surface area contributed by atoms with Gasteiger partial charge in [0.2, 0.25) is 0 Å². The van der Waals surface area contributed by atoms with Crippen LogP contribution in [-0.4, -0.2) is 16.9 Å². The van der Waals surface area contributed by atoms with E-state index in [1.54, 1.807) is 6.92 Å². The van der Waals surface area contributed by atoms with E-state index in [-0.39, 0.29) is 5.92 Å². The van der Waals surface area contributed by atoms with Crippen molar-refractivity contribution < 1.29 is 14.7 Å². The molecule has 1 fully saturated rings. The second-order valence-electron chi connectivity index (χ2n) is 5.41. The molecule has 2 rings (SSSR count). The van der Waals surface area contributed by atoms with Crippen LogP contribution in [0.2, 0.25) is 0 Å². The predicted molar refractivity (Wildman–Crippen MR) is 73.2 cm³/mol. The van der Waals surface area contributed by atoms with E-state index in [1.807, 2.05) is 24.3 Å². The van der Waals surface area contributed by atoms with Crippen LogP contribution >= 0.6 is 0 Å². The van der Waals surface area contributed by atoms with Crippen LogP contribution in [0.3, 0.4) is 0 Å². The topological polar surface area (TPSA) is 54.4 Å². The average molecular weight is 260 g/mol. The van der Waals surface area contributed by atoms with Gasteiger partial charge in [-0.15, -0.1) is 0 Å². The Balaban J connectivity index is 2.02. The maximum Gasteiger partial charge on any atom is 0.310 e. The lowest BCUT2D eigenvalue weighted by Gasteiger charge is -2.20. The summed E-state index contributed by atoms with van der Waals surface area (Å²) in [5.74, 6) is -0.744. The van der Waals surface area contributed by atoms with Gasteiger partial charge in [-0.25, -0.2) is 0 Å². The van der Waals surface area contributed by atoms with Crippen molar-refractivity contribution in [2.45, 2.75) is 44.9 Å². The summed E-state index contributed by atoms with van der Waals surface area (Å²) in [5, 5.41) is 8.96. The lowest BCUT2D eigenvalue weighted by atomic mass is 9.83. The number of benzene rings is 1. The third-order valence-corrected chi connectivity index (χ3v) is 4.01. The molecule has 19 heavy (non-hydrogen) atoms. The first-order valence-corrected chi connectivity index (χ1v) is 6.92. The monoisotopic (exact) mass is 260 g/mol. The number of carboxylic acid groups (broad SMARTS) is 1. The highest BCUT2D eigenvalue weighted by atomic mass is 16.4.